The van der Waals surface area contributed by atoms with Gasteiger partial charge in [0.05, 0.1) is 16.3 Å². The fourth-order valence-electron chi connectivity index (χ4n) is 6.80. The molecular formula is C34H47FN6O3S. The Balaban J connectivity index is 0.00000417. The van der Waals surface area contributed by atoms with E-state index in [1.807, 2.05) is 44.7 Å². The van der Waals surface area contributed by atoms with Gasteiger partial charge in [-0.05, 0) is 62.1 Å². The van der Waals surface area contributed by atoms with Crippen LogP contribution in [0, 0.1) is 11.2 Å². The fourth-order valence-corrected chi connectivity index (χ4v) is 8.30. The number of H-pyrrole nitrogens is 1. The number of para-hydroxylation sites is 2. The molecule has 1 N–H and O–H groups in total. The topological polar surface area (TPSA) is 84.9 Å². The lowest BCUT2D eigenvalue weighted by Crippen LogP contribution is -2.45. The first-order chi connectivity index (χ1) is 21.5. The second-order valence-corrected chi connectivity index (χ2v) is 15.2. The van der Waals surface area contributed by atoms with Crippen LogP contribution in [0.15, 0.2) is 47.3 Å². The number of aromatic nitrogens is 2. The highest BCUT2D eigenvalue weighted by atomic mass is 32.2. The summed E-state index contributed by atoms with van der Waals surface area (Å²) in [7, 11) is 2.11. The van der Waals surface area contributed by atoms with Gasteiger partial charge in [0.15, 0.2) is 0 Å². The molecule has 2 atom stereocenters. The zero-order valence-corrected chi connectivity index (χ0v) is 27.6. The SMILES string of the molecule is CN1CCN(c2ccc(F)cc2C2SC(CC(=O)N3CCC(n4c(=O)[nH]c5ccccc54)CC3)C(=O)N2CCC(C)(C)C)CC1.[HH]. The van der Waals surface area contributed by atoms with Gasteiger partial charge in [-0.1, -0.05) is 32.9 Å². The number of imidazole rings is 1. The molecule has 11 heteroatoms. The van der Waals surface area contributed by atoms with Crippen molar-refractivity contribution in [2.24, 2.45) is 5.41 Å². The first kappa shape index (κ1) is 31.7. The summed E-state index contributed by atoms with van der Waals surface area (Å²) >= 11 is 1.49. The van der Waals surface area contributed by atoms with Gasteiger partial charge in [0.25, 0.3) is 0 Å². The Labute approximate surface area is 270 Å². The summed E-state index contributed by atoms with van der Waals surface area (Å²) in [5.41, 5.74) is 3.38. The molecule has 6 rings (SSSR count). The summed E-state index contributed by atoms with van der Waals surface area (Å²) in [4.78, 5) is 51.6. The summed E-state index contributed by atoms with van der Waals surface area (Å²) < 4.78 is 16.6. The third-order valence-electron chi connectivity index (χ3n) is 9.50. The van der Waals surface area contributed by atoms with Crippen LogP contribution >= 0.6 is 11.8 Å². The van der Waals surface area contributed by atoms with Crippen LogP contribution < -0.4 is 10.6 Å². The summed E-state index contributed by atoms with van der Waals surface area (Å²) in [5.74, 6) is -0.402. The van der Waals surface area contributed by atoms with Gasteiger partial charge in [-0.15, -0.1) is 11.8 Å². The predicted octanol–water partition coefficient (Wildman–Crippen LogP) is 5.10. The van der Waals surface area contributed by atoms with Gasteiger partial charge in [-0.2, -0.15) is 0 Å². The molecule has 0 radical (unpaired) electrons. The smallest absolute Gasteiger partial charge is 0.326 e. The van der Waals surface area contributed by atoms with E-state index in [0.29, 0.717) is 32.5 Å². The number of thioether (sulfide) groups is 1. The Morgan fingerprint density at radius 1 is 1.02 bits per heavy atom. The zero-order valence-electron chi connectivity index (χ0n) is 26.8. The highest BCUT2D eigenvalue weighted by molar-refractivity contribution is 8.01. The van der Waals surface area contributed by atoms with Crippen LogP contribution in [0.5, 0.6) is 0 Å². The van der Waals surface area contributed by atoms with Crippen LogP contribution in [0.4, 0.5) is 10.1 Å². The first-order valence-corrected chi connectivity index (χ1v) is 17.1. The van der Waals surface area contributed by atoms with Crippen molar-refractivity contribution >= 4 is 40.3 Å². The molecule has 244 valence electrons. The molecule has 1 aromatic heterocycles. The van der Waals surface area contributed by atoms with E-state index in [-0.39, 0.29) is 48.0 Å². The molecular weight excluding hydrogens is 591 g/mol. The number of likely N-dealkylation sites (tertiary alicyclic amines) is 1. The predicted molar refractivity (Wildman–Crippen MR) is 180 cm³/mol. The van der Waals surface area contributed by atoms with Gasteiger partial charge in [-0.3, -0.25) is 14.2 Å². The number of nitrogens with one attached hydrogen (secondary N) is 1. The van der Waals surface area contributed by atoms with Gasteiger partial charge in [0.1, 0.15) is 11.2 Å². The van der Waals surface area contributed by atoms with Crippen molar-refractivity contribution in [1.82, 2.24) is 24.3 Å². The Hall–Kier alpha value is -3.31. The number of hydrogen-bond donors (Lipinski definition) is 1. The third kappa shape index (κ3) is 6.79. The lowest BCUT2D eigenvalue weighted by atomic mass is 9.92. The molecule has 2 aromatic carbocycles. The van der Waals surface area contributed by atoms with Crippen molar-refractivity contribution < 1.29 is 15.4 Å². The van der Waals surface area contributed by atoms with Gasteiger partial charge >= 0.3 is 5.69 Å². The molecule has 0 aliphatic carbocycles. The van der Waals surface area contributed by atoms with E-state index in [2.05, 4.69) is 42.6 Å². The Morgan fingerprint density at radius 3 is 2.44 bits per heavy atom. The van der Waals surface area contributed by atoms with Crippen molar-refractivity contribution in [3.63, 3.8) is 0 Å². The minimum atomic E-state index is -0.528. The molecule has 3 fully saturated rings. The Bertz CT molecular complexity index is 1610. The molecule has 0 saturated carbocycles. The first-order valence-electron chi connectivity index (χ1n) is 16.1. The van der Waals surface area contributed by atoms with Crippen molar-refractivity contribution in [1.29, 1.82) is 0 Å². The molecule has 0 spiro atoms. The number of piperazine rings is 1. The molecule has 2 amide bonds. The minimum Gasteiger partial charge on any atom is -0.369 e. The van der Waals surface area contributed by atoms with Crippen molar-refractivity contribution in [3.05, 3.63) is 64.3 Å². The maximum atomic E-state index is 14.8. The van der Waals surface area contributed by atoms with Crippen LogP contribution in [0.2, 0.25) is 0 Å². The number of nitrogens with zero attached hydrogens (tertiary/aromatic N) is 5. The largest absolute Gasteiger partial charge is 0.369 e. The lowest BCUT2D eigenvalue weighted by molar-refractivity contribution is -0.136. The quantitative estimate of drug-likeness (QED) is 0.388. The fraction of sp³-hybridized carbons (Fsp3) is 0.559. The molecule has 9 nitrogen and oxygen atoms in total. The van der Waals surface area contributed by atoms with Gasteiger partial charge in [-0.25, -0.2) is 9.18 Å². The molecule has 0 bridgehead atoms. The maximum absolute atomic E-state index is 14.8. The van der Waals surface area contributed by atoms with Crippen LogP contribution in [0.3, 0.4) is 0 Å². The molecule has 45 heavy (non-hydrogen) atoms. The van der Waals surface area contributed by atoms with Crippen molar-refractivity contribution in [3.8, 4) is 0 Å². The number of amides is 2. The summed E-state index contributed by atoms with van der Waals surface area (Å²) in [5, 5.41) is -0.887. The number of aromatic amines is 1. The molecule has 3 aliphatic heterocycles. The average Bonchev–Trinajstić information content (AvgIpc) is 3.51. The number of likely N-dealkylation sites (N-methyl/N-ethyl adjacent to an activating group) is 1. The Kier molecular flexibility index (Phi) is 9.03. The van der Waals surface area contributed by atoms with Gasteiger partial charge in [0, 0.05) is 71.0 Å². The van der Waals surface area contributed by atoms with Crippen LogP contribution in [-0.2, 0) is 9.59 Å². The standard InChI is InChI=1S/C34H45FN6O3S.H2/c1-34(2,3)13-16-40-31(43)29(45-32(40)25-21-23(35)9-10-27(25)38-19-17-37(4)18-20-38)22-30(42)39-14-11-24(12-15-39)41-28-8-6-5-7-26(28)36-33(41)44;/h5-10,21,24,29,32H,11-20,22H2,1-4H3,(H,36,44);1H. The lowest BCUT2D eigenvalue weighted by Gasteiger charge is -2.37. The number of rotatable bonds is 7. The normalized spacial score (nSPS) is 22.2. The maximum Gasteiger partial charge on any atom is 0.326 e. The highest BCUT2D eigenvalue weighted by Crippen LogP contribution is 2.48. The summed E-state index contributed by atoms with van der Waals surface area (Å²) in [6, 6.07) is 12.6. The molecule has 3 aliphatic rings. The van der Waals surface area contributed by atoms with Crippen LogP contribution in [-0.4, -0.2) is 94.2 Å². The number of carbonyl (C=O) groups is 2. The van der Waals surface area contributed by atoms with E-state index in [4.69, 9.17) is 0 Å². The minimum absolute atomic E-state index is 0. The Morgan fingerprint density at radius 2 is 1.73 bits per heavy atom. The van der Waals surface area contributed by atoms with E-state index in [1.54, 1.807) is 6.07 Å². The van der Waals surface area contributed by atoms with E-state index in [9.17, 15) is 18.8 Å². The van der Waals surface area contributed by atoms with E-state index < -0.39 is 5.25 Å². The number of fused-ring (bicyclic) bond motifs is 1. The molecule has 3 saturated heterocycles. The number of carbonyl (C=O) groups excluding carboxylic acids is 2. The van der Waals surface area contributed by atoms with Crippen LogP contribution in [0.25, 0.3) is 11.0 Å². The number of halogens is 1. The van der Waals surface area contributed by atoms with E-state index in [0.717, 1.165) is 54.9 Å². The second kappa shape index (κ2) is 12.8. The second-order valence-electron chi connectivity index (χ2n) is 13.9. The van der Waals surface area contributed by atoms with Gasteiger partial charge < -0.3 is 24.6 Å². The monoisotopic (exact) mass is 638 g/mol. The van der Waals surface area contributed by atoms with Crippen molar-refractivity contribution in [2.45, 2.75) is 63.1 Å². The highest BCUT2D eigenvalue weighted by Gasteiger charge is 2.44. The van der Waals surface area contributed by atoms with Gasteiger partial charge in [0.2, 0.25) is 11.8 Å². The molecule has 2 unspecified atom stereocenters. The molecule has 3 aromatic rings. The number of piperidine rings is 1. The number of benzene rings is 2. The van der Waals surface area contributed by atoms with E-state index in [1.165, 1.54) is 17.8 Å². The summed E-state index contributed by atoms with van der Waals surface area (Å²) in [6.07, 6.45) is 2.27. The van der Waals surface area contributed by atoms with E-state index >= 15 is 0 Å². The number of hydrogen-bond acceptors (Lipinski definition) is 6. The third-order valence-corrected chi connectivity index (χ3v) is 11.0. The number of anilines is 1. The average molecular weight is 639 g/mol. The summed E-state index contributed by atoms with van der Waals surface area (Å²) in [6.45, 7) is 11.6. The van der Waals surface area contributed by atoms with Crippen LogP contribution in [0.1, 0.15) is 64.9 Å². The zero-order chi connectivity index (χ0) is 31.9. The van der Waals surface area contributed by atoms with Crippen molar-refractivity contribution in [2.75, 3.05) is 57.8 Å². The molecule has 4 heterocycles.